The largest absolute Gasteiger partial charge is 0.497 e. The van der Waals surface area contributed by atoms with Crippen molar-refractivity contribution in [3.63, 3.8) is 0 Å². The monoisotopic (exact) mass is 587 g/mol. The highest BCUT2D eigenvalue weighted by Gasteiger charge is 2.33. The van der Waals surface area contributed by atoms with Gasteiger partial charge in [-0.25, -0.2) is 8.42 Å². The lowest BCUT2D eigenvalue weighted by Gasteiger charge is -2.33. The summed E-state index contributed by atoms with van der Waals surface area (Å²) in [7, 11) is -1.11. The van der Waals surface area contributed by atoms with Gasteiger partial charge in [0.2, 0.25) is 21.8 Å². The molecule has 0 fully saturated rings. The van der Waals surface area contributed by atoms with Crippen LogP contribution in [0.4, 0.5) is 5.69 Å². The number of benzene rings is 2. The number of nitrogens with one attached hydrogen (secondary N) is 1. The Morgan fingerprint density at radius 1 is 1.00 bits per heavy atom. The number of hydrogen-bond acceptors (Lipinski definition) is 6. The van der Waals surface area contributed by atoms with E-state index in [4.69, 9.17) is 32.7 Å². The van der Waals surface area contributed by atoms with Gasteiger partial charge in [-0.1, -0.05) is 43.1 Å². The average molecular weight is 589 g/mol. The molecule has 210 valence electrons. The molecule has 2 aromatic carbocycles. The normalized spacial score (nSPS) is 12.8. The van der Waals surface area contributed by atoms with Crippen LogP contribution in [0.1, 0.15) is 39.2 Å². The van der Waals surface area contributed by atoms with Gasteiger partial charge in [0.1, 0.15) is 24.1 Å². The fourth-order valence-electron chi connectivity index (χ4n) is 3.78. The van der Waals surface area contributed by atoms with Crippen molar-refractivity contribution < 1.29 is 27.5 Å². The molecule has 0 spiro atoms. The molecule has 38 heavy (non-hydrogen) atoms. The van der Waals surface area contributed by atoms with Crippen molar-refractivity contribution in [2.24, 2.45) is 0 Å². The minimum Gasteiger partial charge on any atom is -0.497 e. The Balaban J connectivity index is 2.55. The molecule has 0 aliphatic rings. The van der Waals surface area contributed by atoms with Gasteiger partial charge < -0.3 is 19.7 Å². The Morgan fingerprint density at radius 3 is 2.21 bits per heavy atom. The van der Waals surface area contributed by atoms with Crippen molar-refractivity contribution in [3.05, 3.63) is 52.0 Å². The zero-order valence-corrected chi connectivity index (χ0v) is 24.8. The molecule has 12 heteroatoms. The molecule has 2 rings (SSSR count). The number of ether oxygens (including phenoxy) is 2. The number of methoxy groups -OCH3 is 2. The molecule has 9 nitrogen and oxygen atoms in total. The van der Waals surface area contributed by atoms with E-state index in [1.54, 1.807) is 37.3 Å². The van der Waals surface area contributed by atoms with Gasteiger partial charge in [0.05, 0.1) is 36.2 Å². The van der Waals surface area contributed by atoms with E-state index in [-0.39, 0.29) is 29.9 Å². The Morgan fingerprint density at radius 2 is 1.68 bits per heavy atom. The van der Waals surface area contributed by atoms with E-state index < -0.39 is 28.5 Å². The van der Waals surface area contributed by atoms with Crippen molar-refractivity contribution in [3.8, 4) is 11.5 Å². The molecule has 0 saturated carbocycles. The molecule has 0 unspecified atom stereocenters. The number of halogens is 2. The first-order chi connectivity index (χ1) is 17.9. The molecule has 1 N–H and O–H groups in total. The van der Waals surface area contributed by atoms with E-state index >= 15 is 0 Å². The zero-order valence-electron chi connectivity index (χ0n) is 22.5. The maximum Gasteiger partial charge on any atom is 0.244 e. The third kappa shape index (κ3) is 8.15. The van der Waals surface area contributed by atoms with Crippen LogP contribution in [0.5, 0.6) is 11.5 Å². The Labute approximate surface area is 235 Å². The summed E-state index contributed by atoms with van der Waals surface area (Å²) >= 11 is 12.3. The van der Waals surface area contributed by atoms with Crippen molar-refractivity contribution in [1.82, 2.24) is 10.2 Å². The number of amides is 2. The molecular formula is C26H35Cl2N3O6S. The van der Waals surface area contributed by atoms with Gasteiger partial charge in [-0.3, -0.25) is 13.9 Å². The summed E-state index contributed by atoms with van der Waals surface area (Å²) in [4.78, 5) is 28.4. The molecule has 0 saturated heterocycles. The molecule has 2 atom stereocenters. The number of carbonyl (C=O) groups excluding carboxylic acids is 2. The minimum absolute atomic E-state index is 0.00893. The average Bonchev–Trinajstić information content (AvgIpc) is 2.87. The fourth-order valence-corrected chi connectivity index (χ4v) is 4.95. The summed E-state index contributed by atoms with van der Waals surface area (Å²) in [6, 6.07) is 8.60. The quantitative estimate of drug-likeness (QED) is 0.370. The van der Waals surface area contributed by atoms with Gasteiger partial charge in [0, 0.05) is 18.7 Å². The molecule has 2 amide bonds. The second kappa shape index (κ2) is 13.9. The van der Waals surface area contributed by atoms with Gasteiger partial charge >= 0.3 is 0 Å². The lowest BCUT2D eigenvalue weighted by Crippen LogP contribution is -2.53. The lowest BCUT2D eigenvalue weighted by molar-refractivity contribution is -0.140. The number of rotatable bonds is 13. The van der Waals surface area contributed by atoms with Gasteiger partial charge in [-0.15, -0.1) is 0 Å². The summed E-state index contributed by atoms with van der Waals surface area (Å²) in [6.07, 6.45) is 2.01. The number of nitrogens with zero attached hydrogens (tertiary/aromatic N) is 2. The molecule has 0 aliphatic heterocycles. The lowest BCUT2D eigenvalue weighted by atomic mass is 10.1. The summed E-state index contributed by atoms with van der Waals surface area (Å²) in [6.45, 7) is 5.04. The predicted octanol–water partition coefficient (Wildman–Crippen LogP) is 4.50. The van der Waals surface area contributed by atoms with Gasteiger partial charge in [-0.2, -0.15) is 0 Å². The Hall–Kier alpha value is -2.69. The van der Waals surface area contributed by atoms with Gasteiger partial charge in [-0.05, 0) is 49.6 Å². The third-order valence-electron chi connectivity index (χ3n) is 6.06. The van der Waals surface area contributed by atoms with E-state index in [9.17, 15) is 18.0 Å². The van der Waals surface area contributed by atoms with Crippen LogP contribution < -0.4 is 19.1 Å². The number of anilines is 1. The van der Waals surface area contributed by atoms with Crippen molar-refractivity contribution in [2.45, 2.75) is 52.2 Å². The van der Waals surface area contributed by atoms with E-state index in [1.807, 2.05) is 13.8 Å². The second-order valence-corrected chi connectivity index (χ2v) is 11.5. The van der Waals surface area contributed by atoms with E-state index in [0.29, 0.717) is 34.2 Å². The number of carbonyl (C=O) groups is 2. The van der Waals surface area contributed by atoms with Crippen molar-refractivity contribution >= 4 is 50.7 Å². The maximum absolute atomic E-state index is 13.9. The highest BCUT2D eigenvalue weighted by molar-refractivity contribution is 7.92. The predicted molar refractivity (Wildman–Crippen MR) is 151 cm³/mol. The summed E-state index contributed by atoms with van der Waals surface area (Å²) in [5.74, 6) is -0.298. The first kappa shape index (κ1) is 31.5. The first-order valence-electron chi connectivity index (χ1n) is 12.1. The molecular weight excluding hydrogens is 553 g/mol. The highest BCUT2D eigenvalue weighted by Crippen LogP contribution is 2.34. The van der Waals surface area contributed by atoms with E-state index in [0.717, 1.165) is 10.6 Å². The molecule has 0 aliphatic carbocycles. The SMILES string of the molecule is CC[C@H](C(=O)N[C@@H](C)CC)N(Cc1ccc(Cl)c(Cl)c1)C(=O)CN(c1cc(OC)ccc1OC)S(C)(=O)=O. The van der Waals surface area contributed by atoms with Crippen LogP contribution in [0, 0.1) is 0 Å². The van der Waals surface area contributed by atoms with Gasteiger partial charge in [0.25, 0.3) is 0 Å². The fraction of sp³-hybridized carbons (Fsp3) is 0.462. The maximum atomic E-state index is 13.9. The standard InChI is InChI=1S/C26H35Cl2N3O6S/c1-7-17(3)29-26(33)22(8-2)30(15-18-9-11-20(27)21(28)13-18)25(32)16-31(38(6,34)35)23-14-19(36-4)10-12-24(23)37-5/h9-14,17,22H,7-8,15-16H2,1-6H3,(H,29,33)/t17-,22+/m0/s1. The van der Waals surface area contributed by atoms with Crippen molar-refractivity contribution in [1.29, 1.82) is 0 Å². The van der Waals surface area contributed by atoms with Crippen LogP contribution in [0.3, 0.4) is 0 Å². The van der Waals surface area contributed by atoms with E-state index in [1.165, 1.54) is 25.2 Å². The molecule has 0 bridgehead atoms. The summed E-state index contributed by atoms with van der Waals surface area (Å²) in [5, 5.41) is 3.57. The van der Waals surface area contributed by atoms with Crippen LogP contribution >= 0.6 is 23.2 Å². The van der Waals surface area contributed by atoms with Gasteiger partial charge in [0.15, 0.2) is 0 Å². The smallest absolute Gasteiger partial charge is 0.244 e. The summed E-state index contributed by atoms with van der Waals surface area (Å²) < 4.78 is 37.4. The molecule has 0 heterocycles. The zero-order chi connectivity index (χ0) is 28.6. The van der Waals surface area contributed by atoms with Crippen LogP contribution in [-0.4, -0.2) is 64.2 Å². The Bertz CT molecular complexity index is 1240. The van der Waals surface area contributed by atoms with Crippen LogP contribution in [-0.2, 0) is 26.2 Å². The molecule has 2 aromatic rings. The Kier molecular flexibility index (Phi) is 11.5. The summed E-state index contributed by atoms with van der Waals surface area (Å²) in [5.41, 5.74) is 0.765. The first-order valence-corrected chi connectivity index (χ1v) is 14.7. The van der Waals surface area contributed by atoms with E-state index in [2.05, 4.69) is 5.32 Å². The third-order valence-corrected chi connectivity index (χ3v) is 7.92. The number of sulfonamides is 1. The van der Waals surface area contributed by atoms with Crippen molar-refractivity contribution in [2.75, 3.05) is 31.3 Å². The minimum atomic E-state index is -3.95. The van der Waals surface area contributed by atoms with Crippen LogP contribution in [0.2, 0.25) is 10.0 Å². The highest BCUT2D eigenvalue weighted by atomic mass is 35.5. The molecule has 0 aromatic heterocycles. The van der Waals surface area contributed by atoms with Crippen LogP contribution in [0.25, 0.3) is 0 Å². The second-order valence-electron chi connectivity index (χ2n) is 8.82. The molecule has 0 radical (unpaired) electrons. The van der Waals surface area contributed by atoms with Crippen LogP contribution in [0.15, 0.2) is 36.4 Å². The topological polar surface area (TPSA) is 105 Å². The number of hydrogen-bond donors (Lipinski definition) is 1.